The Morgan fingerprint density at radius 1 is 1.27 bits per heavy atom. The van der Waals surface area contributed by atoms with E-state index in [0.717, 1.165) is 27.1 Å². The van der Waals surface area contributed by atoms with Gasteiger partial charge in [-0.05, 0) is 37.1 Å². The Hall–Kier alpha value is -1.32. The molecule has 0 saturated carbocycles. The summed E-state index contributed by atoms with van der Waals surface area (Å²) in [6, 6.07) is 5.83. The molecule has 4 heteroatoms. The Kier molecular flexibility index (Phi) is 2.50. The average molecular weight is 222 g/mol. The smallest absolute Gasteiger partial charge is 0.143 e. The number of nitrogen functional groups attached to an aromatic ring is 1. The third-order valence-electron chi connectivity index (χ3n) is 2.46. The number of nitrogens with two attached hydrogens (primary N) is 1. The zero-order valence-electron chi connectivity index (χ0n) is 8.63. The van der Waals surface area contributed by atoms with Crippen LogP contribution in [0.15, 0.2) is 18.2 Å². The van der Waals surface area contributed by atoms with Crippen LogP contribution >= 0.6 is 11.6 Å². The van der Waals surface area contributed by atoms with Crippen molar-refractivity contribution in [3.8, 4) is 0 Å². The molecule has 2 aromatic rings. The summed E-state index contributed by atoms with van der Waals surface area (Å²) in [5, 5.41) is 1.68. The van der Waals surface area contributed by atoms with Gasteiger partial charge in [-0.1, -0.05) is 17.7 Å². The van der Waals surface area contributed by atoms with E-state index in [9.17, 15) is 0 Å². The van der Waals surface area contributed by atoms with Crippen molar-refractivity contribution in [2.45, 2.75) is 13.8 Å². The van der Waals surface area contributed by atoms with Gasteiger partial charge in [0.05, 0.1) is 5.52 Å². The highest BCUT2D eigenvalue weighted by Gasteiger charge is 2.07. The maximum absolute atomic E-state index is 6.10. The molecular formula is C11H12ClN3. The summed E-state index contributed by atoms with van der Waals surface area (Å²) >= 11 is 6.10. The zero-order chi connectivity index (χ0) is 11.0. The van der Waals surface area contributed by atoms with Crippen LogP contribution in [-0.2, 0) is 0 Å². The summed E-state index contributed by atoms with van der Waals surface area (Å²) in [6.45, 7) is 3.95. The molecule has 0 fully saturated rings. The number of hydrogen-bond donors (Lipinski definition) is 2. The third kappa shape index (κ3) is 1.64. The van der Waals surface area contributed by atoms with E-state index in [1.165, 1.54) is 0 Å². The van der Waals surface area contributed by atoms with E-state index in [2.05, 4.69) is 10.4 Å². The fourth-order valence-corrected chi connectivity index (χ4v) is 1.82. The van der Waals surface area contributed by atoms with E-state index in [1.54, 1.807) is 0 Å². The Labute approximate surface area is 93.2 Å². The quantitative estimate of drug-likeness (QED) is 0.575. The average Bonchev–Trinajstić information content (AvgIpc) is 2.23. The van der Waals surface area contributed by atoms with Crippen LogP contribution in [0.4, 0.5) is 5.82 Å². The summed E-state index contributed by atoms with van der Waals surface area (Å²) in [5.74, 6) is 6.07. The van der Waals surface area contributed by atoms with E-state index in [1.807, 2.05) is 32.0 Å². The molecule has 0 unspecified atom stereocenters. The number of anilines is 1. The van der Waals surface area contributed by atoms with Crippen molar-refractivity contribution in [2.24, 2.45) is 5.84 Å². The van der Waals surface area contributed by atoms with Crippen molar-refractivity contribution in [1.29, 1.82) is 0 Å². The first-order valence-electron chi connectivity index (χ1n) is 4.66. The van der Waals surface area contributed by atoms with Crippen molar-refractivity contribution < 1.29 is 0 Å². The van der Waals surface area contributed by atoms with E-state index in [0.29, 0.717) is 5.82 Å². The van der Waals surface area contributed by atoms with Crippen molar-refractivity contribution in [2.75, 3.05) is 5.43 Å². The van der Waals surface area contributed by atoms with Crippen LogP contribution in [-0.4, -0.2) is 4.98 Å². The minimum absolute atomic E-state index is 0.688. The highest BCUT2D eigenvalue weighted by atomic mass is 35.5. The van der Waals surface area contributed by atoms with Crippen LogP contribution < -0.4 is 11.3 Å². The van der Waals surface area contributed by atoms with Crippen molar-refractivity contribution in [3.05, 3.63) is 34.3 Å². The van der Waals surface area contributed by atoms with E-state index >= 15 is 0 Å². The summed E-state index contributed by atoms with van der Waals surface area (Å²) in [5.41, 5.74) is 5.54. The maximum atomic E-state index is 6.10. The standard InChI is InChI=1S/C11H12ClN3/c1-6-3-4-9(12)8-5-7(2)11(15-13)14-10(6)8/h3-5H,13H2,1-2H3,(H,14,15). The van der Waals surface area contributed by atoms with Gasteiger partial charge in [-0.15, -0.1) is 0 Å². The van der Waals surface area contributed by atoms with Gasteiger partial charge in [0, 0.05) is 10.4 Å². The lowest BCUT2D eigenvalue weighted by Gasteiger charge is -2.09. The molecule has 0 bridgehead atoms. The first-order chi connectivity index (χ1) is 7.13. The Morgan fingerprint density at radius 2 is 2.00 bits per heavy atom. The minimum atomic E-state index is 0.688. The molecule has 1 aromatic carbocycles. The summed E-state index contributed by atoms with van der Waals surface area (Å²) in [6.07, 6.45) is 0. The van der Waals surface area contributed by atoms with Gasteiger partial charge in [-0.3, -0.25) is 0 Å². The summed E-state index contributed by atoms with van der Waals surface area (Å²) in [4.78, 5) is 4.43. The number of rotatable bonds is 1. The molecule has 0 aliphatic carbocycles. The SMILES string of the molecule is Cc1cc2c(Cl)ccc(C)c2nc1NN. The molecule has 1 aromatic heterocycles. The highest BCUT2D eigenvalue weighted by molar-refractivity contribution is 6.35. The summed E-state index contributed by atoms with van der Waals surface area (Å²) < 4.78 is 0. The molecule has 0 aliphatic heterocycles. The number of aryl methyl sites for hydroxylation is 2. The second kappa shape index (κ2) is 3.68. The van der Waals surface area contributed by atoms with Crippen molar-refractivity contribution in [3.63, 3.8) is 0 Å². The van der Waals surface area contributed by atoms with Crippen LogP contribution in [0.5, 0.6) is 0 Å². The number of aromatic nitrogens is 1. The molecule has 2 rings (SSSR count). The maximum Gasteiger partial charge on any atom is 0.143 e. The van der Waals surface area contributed by atoms with Gasteiger partial charge in [-0.25, -0.2) is 10.8 Å². The number of halogens is 1. The van der Waals surface area contributed by atoms with Gasteiger partial charge in [0.25, 0.3) is 0 Å². The number of pyridine rings is 1. The molecule has 3 N–H and O–H groups in total. The number of nitrogens with one attached hydrogen (secondary N) is 1. The van der Waals surface area contributed by atoms with Crippen LogP contribution in [0.3, 0.4) is 0 Å². The molecule has 0 spiro atoms. The molecule has 0 aliphatic rings. The lowest BCUT2D eigenvalue weighted by atomic mass is 10.1. The van der Waals surface area contributed by atoms with Crippen molar-refractivity contribution >= 4 is 28.3 Å². The Morgan fingerprint density at radius 3 is 2.67 bits per heavy atom. The predicted molar refractivity (Wildman–Crippen MR) is 64.0 cm³/mol. The second-order valence-corrected chi connectivity index (χ2v) is 3.97. The first kappa shape index (κ1) is 10.2. The number of nitrogens with zero attached hydrogens (tertiary/aromatic N) is 1. The predicted octanol–water partition coefficient (Wildman–Crippen LogP) is 2.79. The number of benzene rings is 1. The molecule has 0 amide bonds. The highest BCUT2D eigenvalue weighted by Crippen LogP contribution is 2.27. The summed E-state index contributed by atoms with van der Waals surface area (Å²) in [7, 11) is 0. The lowest BCUT2D eigenvalue weighted by Crippen LogP contribution is -2.10. The van der Waals surface area contributed by atoms with Gasteiger partial charge in [-0.2, -0.15) is 0 Å². The molecule has 3 nitrogen and oxygen atoms in total. The first-order valence-corrected chi connectivity index (χ1v) is 5.04. The molecular weight excluding hydrogens is 210 g/mol. The third-order valence-corrected chi connectivity index (χ3v) is 2.79. The lowest BCUT2D eigenvalue weighted by molar-refractivity contribution is 1.22. The molecule has 0 saturated heterocycles. The van der Waals surface area contributed by atoms with E-state index in [-0.39, 0.29) is 0 Å². The van der Waals surface area contributed by atoms with Crippen LogP contribution in [0, 0.1) is 13.8 Å². The Bertz CT molecular complexity index is 523. The van der Waals surface area contributed by atoms with Crippen molar-refractivity contribution in [1.82, 2.24) is 4.98 Å². The minimum Gasteiger partial charge on any atom is -0.308 e. The molecule has 78 valence electrons. The second-order valence-electron chi connectivity index (χ2n) is 3.56. The molecule has 15 heavy (non-hydrogen) atoms. The largest absolute Gasteiger partial charge is 0.308 e. The zero-order valence-corrected chi connectivity index (χ0v) is 9.39. The fourth-order valence-electron chi connectivity index (χ4n) is 1.61. The number of hydrogen-bond acceptors (Lipinski definition) is 3. The van der Waals surface area contributed by atoms with Crippen LogP contribution in [0.1, 0.15) is 11.1 Å². The fraction of sp³-hybridized carbons (Fsp3) is 0.182. The van der Waals surface area contributed by atoms with Gasteiger partial charge >= 0.3 is 0 Å². The molecule has 1 heterocycles. The van der Waals surface area contributed by atoms with Gasteiger partial charge < -0.3 is 5.43 Å². The van der Waals surface area contributed by atoms with Crippen LogP contribution in [0.25, 0.3) is 10.9 Å². The van der Waals surface area contributed by atoms with Gasteiger partial charge in [0.2, 0.25) is 0 Å². The van der Waals surface area contributed by atoms with E-state index in [4.69, 9.17) is 17.4 Å². The molecule has 0 atom stereocenters. The number of fused-ring (bicyclic) bond motifs is 1. The van der Waals surface area contributed by atoms with Crippen LogP contribution in [0.2, 0.25) is 5.02 Å². The van der Waals surface area contributed by atoms with Gasteiger partial charge in [0.15, 0.2) is 0 Å². The topological polar surface area (TPSA) is 50.9 Å². The molecule has 0 radical (unpaired) electrons. The Balaban J connectivity index is 2.86. The monoisotopic (exact) mass is 221 g/mol. The van der Waals surface area contributed by atoms with E-state index < -0.39 is 0 Å². The van der Waals surface area contributed by atoms with Gasteiger partial charge in [0.1, 0.15) is 5.82 Å². The normalized spacial score (nSPS) is 10.7. The number of hydrazine groups is 1.